The molecule has 1 N–H and O–H groups in total. The van der Waals surface area contributed by atoms with E-state index in [1.165, 1.54) is 0 Å². The Hall–Kier alpha value is -1.05. The third-order valence-corrected chi connectivity index (χ3v) is 1.85. The standard InChI is InChI=1S/C10H15NO/c1-8(2)3-4-9-5-6-11-10(12)7-9/h5-8H,3-4H2,1-2H3,(H,11,12). The third kappa shape index (κ3) is 2.91. The van der Waals surface area contributed by atoms with Crippen molar-refractivity contribution in [2.75, 3.05) is 0 Å². The van der Waals surface area contributed by atoms with Crippen LogP contribution in [0.25, 0.3) is 0 Å². The normalized spacial score (nSPS) is 10.6. The summed E-state index contributed by atoms with van der Waals surface area (Å²) < 4.78 is 0. The maximum Gasteiger partial charge on any atom is 0.248 e. The molecule has 2 heteroatoms. The highest BCUT2D eigenvalue weighted by molar-refractivity contribution is 5.09. The molecule has 0 unspecified atom stereocenters. The Morgan fingerprint density at radius 1 is 1.50 bits per heavy atom. The summed E-state index contributed by atoms with van der Waals surface area (Å²) in [5.41, 5.74) is 1.13. The van der Waals surface area contributed by atoms with Gasteiger partial charge in [-0.3, -0.25) is 4.79 Å². The Labute approximate surface area is 72.6 Å². The molecule has 2 nitrogen and oxygen atoms in total. The van der Waals surface area contributed by atoms with Gasteiger partial charge in [-0.2, -0.15) is 0 Å². The summed E-state index contributed by atoms with van der Waals surface area (Å²) in [6, 6.07) is 3.63. The van der Waals surface area contributed by atoms with E-state index >= 15 is 0 Å². The second-order valence-corrected chi connectivity index (χ2v) is 3.49. The van der Waals surface area contributed by atoms with E-state index in [1.807, 2.05) is 6.07 Å². The van der Waals surface area contributed by atoms with Crippen LogP contribution >= 0.6 is 0 Å². The molecule has 0 aliphatic rings. The molecule has 0 aliphatic carbocycles. The maximum atomic E-state index is 10.9. The van der Waals surface area contributed by atoms with Crippen molar-refractivity contribution in [2.24, 2.45) is 5.92 Å². The van der Waals surface area contributed by atoms with Crippen LogP contribution in [-0.2, 0) is 6.42 Å². The Kier molecular flexibility index (Phi) is 3.09. The zero-order valence-electron chi connectivity index (χ0n) is 7.63. The van der Waals surface area contributed by atoms with Crippen molar-refractivity contribution in [1.29, 1.82) is 0 Å². The summed E-state index contributed by atoms with van der Waals surface area (Å²) in [5.74, 6) is 0.698. The molecular formula is C10H15NO. The summed E-state index contributed by atoms with van der Waals surface area (Å²) in [7, 11) is 0. The van der Waals surface area contributed by atoms with Gasteiger partial charge in [0.25, 0.3) is 0 Å². The van der Waals surface area contributed by atoms with E-state index in [9.17, 15) is 4.79 Å². The highest BCUT2D eigenvalue weighted by atomic mass is 16.1. The molecule has 0 atom stereocenters. The van der Waals surface area contributed by atoms with E-state index in [-0.39, 0.29) is 5.56 Å². The van der Waals surface area contributed by atoms with Gasteiger partial charge in [0.05, 0.1) is 0 Å². The molecule has 0 radical (unpaired) electrons. The molecule has 1 rings (SSSR count). The van der Waals surface area contributed by atoms with Gasteiger partial charge in [-0.1, -0.05) is 13.8 Å². The highest BCUT2D eigenvalue weighted by Gasteiger charge is 1.96. The largest absolute Gasteiger partial charge is 0.329 e. The summed E-state index contributed by atoms with van der Waals surface area (Å²) in [6.07, 6.45) is 3.85. The molecule has 12 heavy (non-hydrogen) atoms. The SMILES string of the molecule is CC(C)CCc1cc[nH]c(=O)c1. The van der Waals surface area contributed by atoms with E-state index in [0.717, 1.165) is 18.4 Å². The van der Waals surface area contributed by atoms with Gasteiger partial charge in [0, 0.05) is 12.3 Å². The fraction of sp³-hybridized carbons (Fsp3) is 0.500. The molecule has 0 fully saturated rings. The molecule has 0 saturated heterocycles. The van der Waals surface area contributed by atoms with E-state index < -0.39 is 0 Å². The minimum atomic E-state index is -0.00347. The average Bonchev–Trinajstić information content (AvgIpc) is 2.01. The van der Waals surface area contributed by atoms with E-state index in [2.05, 4.69) is 18.8 Å². The molecular weight excluding hydrogens is 150 g/mol. The van der Waals surface area contributed by atoms with Crippen molar-refractivity contribution >= 4 is 0 Å². The van der Waals surface area contributed by atoms with Gasteiger partial charge in [0.2, 0.25) is 5.56 Å². The van der Waals surface area contributed by atoms with Crippen molar-refractivity contribution in [3.63, 3.8) is 0 Å². The monoisotopic (exact) mass is 165 g/mol. The first-order valence-electron chi connectivity index (χ1n) is 4.36. The quantitative estimate of drug-likeness (QED) is 0.729. The van der Waals surface area contributed by atoms with Gasteiger partial charge in [-0.15, -0.1) is 0 Å². The Morgan fingerprint density at radius 3 is 2.83 bits per heavy atom. The highest BCUT2D eigenvalue weighted by Crippen LogP contribution is 2.05. The van der Waals surface area contributed by atoms with Gasteiger partial charge >= 0.3 is 0 Å². The van der Waals surface area contributed by atoms with Crippen molar-refractivity contribution in [2.45, 2.75) is 26.7 Å². The van der Waals surface area contributed by atoms with Gasteiger partial charge in [-0.05, 0) is 30.4 Å². The van der Waals surface area contributed by atoms with Crippen LogP contribution in [0.3, 0.4) is 0 Å². The number of hydrogen-bond donors (Lipinski definition) is 1. The number of pyridine rings is 1. The second kappa shape index (κ2) is 4.10. The topological polar surface area (TPSA) is 32.9 Å². The van der Waals surface area contributed by atoms with E-state index in [0.29, 0.717) is 5.92 Å². The maximum absolute atomic E-state index is 10.9. The molecule has 1 aromatic rings. The molecule has 0 aromatic carbocycles. The van der Waals surface area contributed by atoms with Crippen LogP contribution in [0.2, 0.25) is 0 Å². The van der Waals surface area contributed by atoms with Crippen LogP contribution in [-0.4, -0.2) is 4.98 Å². The molecule has 0 bridgehead atoms. The summed E-state index contributed by atoms with van der Waals surface area (Å²) in [5, 5.41) is 0. The average molecular weight is 165 g/mol. The Morgan fingerprint density at radius 2 is 2.25 bits per heavy atom. The lowest BCUT2D eigenvalue weighted by Gasteiger charge is -2.02. The summed E-state index contributed by atoms with van der Waals surface area (Å²) >= 11 is 0. The fourth-order valence-electron chi connectivity index (χ4n) is 1.10. The number of aromatic nitrogens is 1. The number of hydrogen-bond acceptors (Lipinski definition) is 1. The van der Waals surface area contributed by atoms with Crippen molar-refractivity contribution in [1.82, 2.24) is 4.98 Å². The van der Waals surface area contributed by atoms with E-state index in [1.54, 1.807) is 12.3 Å². The van der Waals surface area contributed by atoms with Crippen molar-refractivity contribution < 1.29 is 0 Å². The first-order chi connectivity index (χ1) is 5.68. The Balaban J connectivity index is 2.58. The number of rotatable bonds is 3. The molecule has 1 heterocycles. The smallest absolute Gasteiger partial charge is 0.248 e. The lowest BCUT2D eigenvalue weighted by Crippen LogP contribution is -2.04. The predicted octanol–water partition coefficient (Wildman–Crippen LogP) is 1.96. The lowest BCUT2D eigenvalue weighted by molar-refractivity contribution is 0.586. The zero-order valence-corrected chi connectivity index (χ0v) is 7.63. The van der Waals surface area contributed by atoms with E-state index in [4.69, 9.17) is 0 Å². The van der Waals surface area contributed by atoms with Gasteiger partial charge in [0.1, 0.15) is 0 Å². The Bertz CT molecular complexity index is 288. The van der Waals surface area contributed by atoms with Crippen LogP contribution in [0.4, 0.5) is 0 Å². The number of aryl methyl sites for hydroxylation is 1. The van der Waals surface area contributed by atoms with Gasteiger partial charge in [0.15, 0.2) is 0 Å². The summed E-state index contributed by atoms with van der Waals surface area (Å²) in [6.45, 7) is 4.38. The lowest BCUT2D eigenvalue weighted by atomic mass is 10.0. The van der Waals surface area contributed by atoms with Crippen molar-refractivity contribution in [3.05, 3.63) is 34.2 Å². The number of aromatic amines is 1. The van der Waals surface area contributed by atoms with Crippen LogP contribution in [0.15, 0.2) is 23.1 Å². The predicted molar refractivity (Wildman–Crippen MR) is 50.2 cm³/mol. The number of H-pyrrole nitrogens is 1. The molecule has 0 saturated carbocycles. The van der Waals surface area contributed by atoms with Crippen LogP contribution in [0.1, 0.15) is 25.8 Å². The van der Waals surface area contributed by atoms with Crippen LogP contribution in [0, 0.1) is 5.92 Å². The van der Waals surface area contributed by atoms with Crippen LogP contribution < -0.4 is 5.56 Å². The first kappa shape index (κ1) is 9.04. The first-order valence-corrected chi connectivity index (χ1v) is 4.36. The molecule has 0 spiro atoms. The fourth-order valence-corrected chi connectivity index (χ4v) is 1.10. The molecule has 1 aromatic heterocycles. The van der Waals surface area contributed by atoms with Crippen molar-refractivity contribution in [3.8, 4) is 0 Å². The number of nitrogens with one attached hydrogen (secondary N) is 1. The summed E-state index contributed by atoms with van der Waals surface area (Å²) in [4.78, 5) is 13.5. The third-order valence-electron chi connectivity index (χ3n) is 1.85. The second-order valence-electron chi connectivity index (χ2n) is 3.49. The van der Waals surface area contributed by atoms with Gasteiger partial charge in [-0.25, -0.2) is 0 Å². The van der Waals surface area contributed by atoms with Crippen LogP contribution in [0.5, 0.6) is 0 Å². The molecule has 0 amide bonds. The minimum Gasteiger partial charge on any atom is -0.329 e. The molecule has 66 valence electrons. The molecule has 0 aliphatic heterocycles. The zero-order chi connectivity index (χ0) is 8.97. The minimum absolute atomic E-state index is 0.00347. The van der Waals surface area contributed by atoms with Gasteiger partial charge < -0.3 is 4.98 Å².